The van der Waals surface area contributed by atoms with Crippen LogP contribution in [0, 0.1) is 0 Å². The molecular weight excluding hydrogens is 463 g/mol. The minimum absolute atomic E-state index is 0. The highest BCUT2D eigenvalue weighted by Gasteiger charge is 2.29. The SMILES string of the molecule is CCNC(=NCCCn1ccnc1)NC1CC(C)N(Cc2ccccc2)C1.I. The molecule has 2 aromatic rings. The van der Waals surface area contributed by atoms with E-state index < -0.39 is 0 Å². The van der Waals surface area contributed by atoms with Gasteiger partial charge in [-0.05, 0) is 32.3 Å². The minimum Gasteiger partial charge on any atom is -0.357 e. The molecule has 0 bridgehead atoms. The molecule has 0 aliphatic carbocycles. The van der Waals surface area contributed by atoms with Crippen molar-refractivity contribution in [3.8, 4) is 0 Å². The van der Waals surface area contributed by atoms with Crippen LogP contribution in [0.4, 0.5) is 0 Å². The van der Waals surface area contributed by atoms with Gasteiger partial charge in [0.25, 0.3) is 0 Å². The Labute approximate surface area is 185 Å². The van der Waals surface area contributed by atoms with Gasteiger partial charge in [-0.3, -0.25) is 9.89 Å². The highest BCUT2D eigenvalue weighted by Crippen LogP contribution is 2.20. The predicted molar refractivity (Wildman–Crippen MR) is 126 cm³/mol. The van der Waals surface area contributed by atoms with Crippen LogP contribution in [-0.4, -0.2) is 52.1 Å². The summed E-state index contributed by atoms with van der Waals surface area (Å²) in [6.45, 7) is 9.14. The standard InChI is InChI=1S/C21H32N6.HI/c1-3-23-21(24-10-7-12-26-13-11-22-17-26)25-20-14-18(2)27(16-20)15-19-8-5-4-6-9-19;/h4-6,8-9,11,13,17-18,20H,3,7,10,12,14-16H2,1-2H3,(H2,23,24,25);1H. The Morgan fingerprint density at radius 3 is 2.82 bits per heavy atom. The van der Waals surface area contributed by atoms with Crippen molar-refractivity contribution in [1.82, 2.24) is 25.1 Å². The summed E-state index contributed by atoms with van der Waals surface area (Å²) in [4.78, 5) is 11.4. The summed E-state index contributed by atoms with van der Waals surface area (Å²) in [7, 11) is 0. The molecule has 0 spiro atoms. The topological polar surface area (TPSA) is 57.5 Å². The van der Waals surface area contributed by atoms with E-state index in [1.807, 2.05) is 18.7 Å². The van der Waals surface area contributed by atoms with E-state index in [4.69, 9.17) is 4.99 Å². The lowest BCUT2D eigenvalue weighted by molar-refractivity contribution is 0.258. The second-order valence-corrected chi connectivity index (χ2v) is 7.26. The number of aliphatic imine (C=N–C) groups is 1. The zero-order valence-corrected chi connectivity index (χ0v) is 19.3. The van der Waals surface area contributed by atoms with E-state index in [0.29, 0.717) is 12.1 Å². The number of aromatic nitrogens is 2. The van der Waals surface area contributed by atoms with Crippen LogP contribution in [0.1, 0.15) is 32.3 Å². The molecule has 2 heterocycles. The van der Waals surface area contributed by atoms with Crippen LogP contribution >= 0.6 is 24.0 Å². The van der Waals surface area contributed by atoms with Crippen molar-refractivity contribution in [3.05, 3.63) is 54.6 Å². The van der Waals surface area contributed by atoms with E-state index in [2.05, 4.69) is 69.3 Å². The molecule has 6 nitrogen and oxygen atoms in total. The molecule has 3 rings (SSSR count). The van der Waals surface area contributed by atoms with E-state index in [9.17, 15) is 0 Å². The zero-order chi connectivity index (χ0) is 18.9. The molecule has 1 aromatic heterocycles. The molecule has 2 atom stereocenters. The van der Waals surface area contributed by atoms with Crippen LogP contribution in [0.5, 0.6) is 0 Å². The number of likely N-dealkylation sites (tertiary alicyclic amines) is 1. The molecule has 0 saturated carbocycles. The molecule has 0 radical (unpaired) electrons. The molecule has 2 N–H and O–H groups in total. The first-order valence-electron chi connectivity index (χ1n) is 10.0. The summed E-state index contributed by atoms with van der Waals surface area (Å²) in [5.74, 6) is 0.932. The Morgan fingerprint density at radius 1 is 1.29 bits per heavy atom. The Morgan fingerprint density at radius 2 is 2.11 bits per heavy atom. The molecule has 1 fully saturated rings. The first-order chi connectivity index (χ1) is 13.2. The van der Waals surface area contributed by atoms with Gasteiger partial charge < -0.3 is 15.2 Å². The third-order valence-electron chi connectivity index (χ3n) is 5.02. The largest absolute Gasteiger partial charge is 0.357 e. The van der Waals surface area contributed by atoms with E-state index in [1.54, 1.807) is 0 Å². The highest BCUT2D eigenvalue weighted by molar-refractivity contribution is 14.0. The van der Waals surface area contributed by atoms with Crippen LogP contribution in [0.25, 0.3) is 0 Å². The van der Waals surface area contributed by atoms with Crippen molar-refractivity contribution in [2.45, 2.75) is 51.9 Å². The number of nitrogens with one attached hydrogen (secondary N) is 2. The number of nitrogens with zero attached hydrogens (tertiary/aromatic N) is 4. The van der Waals surface area contributed by atoms with Crippen molar-refractivity contribution >= 4 is 29.9 Å². The third kappa shape index (κ3) is 7.09. The van der Waals surface area contributed by atoms with Crippen molar-refractivity contribution in [3.63, 3.8) is 0 Å². The summed E-state index contributed by atoms with van der Waals surface area (Å²) < 4.78 is 2.09. The maximum Gasteiger partial charge on any atom is 0.191 e. The quantitative estimate of drug-likeness (QED) is 0.255. The van der Waals surface area contributed by atoms with E-state index >= 15 is 0 Å². The van der Waals surface area contributed by atoms with Gasteiger partial charge >= 0.3 is 0 Å². The van der Waals surface area contributed by atoms with Crippen molar-refractivity contribution in [1.29, 1.82) is 0 Å². The number of aryl methyl sites for hydroxylation is 1. The number of imidazole rings is 1. The Balaban J connectivity index is 0.00000280. The van der Waals surface area contributed by atoms with Crippen molar-refractivity contribution in [2.24, 2.45) is 4.99 Å². The Kier molecular flexibility index (Phi) is 9.77. The number of benzene rings is 1. The van der Waals surface area contributed by atoms with Crippen LogP contribution in [0.3, 0.4) is 0 Å². The summed E-state index contributed by atoms with van der Waals surface area (Å²) >= 11 is 0. The number of hydrogen-bond donors (Lipinski definition) is 2. The van der Waals surface area contributed by atoms with Gasteiger partial charge in [0, 0.05) is 57.2 Å². The lowest BCUT2D eigenvalue weighted by atomic mass is 10.2. The fraction of sp³-hybridized carbons (Fsp3) is 0.524. The zero-order valence-electron chi connectivity index (χ0n) is 16.9. The fourth-order valence-electron chi connectivity index (χ4n) is 3.62. The van der Waals surface area contributed by atoms with Gasteiger partial charge in [0.2, 0.25) is 0 Å². The average molecular weight is 496 g/mol. The summed E-state index contributed by atoms with van der Waals surface area (Å²) in [6, 6.07) is 11.7. The van der Waals surface area contributed by atoms with Crippen LogP contribution in [0.15, 0.2) is 54.0 Å². The molecule has 1 aliphatic rings. The van der Waals surface area contributed by atoms with Gasteiger partial charge in [-0.15, -0.1) is 24.0 Å². The van der Waals surface area contributed by atoms with E-state index in [-0.39, 0.29) is 24.0 Å². The monoisotopic (exact) mass is 496 g/mol. The summed E-state index contributed by atoms with van der Waals surface area (Å²) in [6.07, 6.45) is 7.82. The first kappa shape index (κ1) is 22.7. The molecule has 1 aliphatic heterocycles. The number of rotatable bonds is 8. The Hall–Kier alpha value is -1.61. The smallest absolute Gasteiger partial charge is 0.191 e. The number of hydrogen-bond acceptors (Lipinski definition) is 3. The fourth-order valence-corrected chi connectivity index (χ4v) is 3.62. The maximum absolute atomic E-state index is 4.75. The summed E-state index contributed by atoms with van der Waals surface area (Å²) in [5.41, 5.74) is 1.38. The molecule has 0 amide bonds. The van der Waals surface area contributed by atoms with Gasteiger partial charge in [-0.25, -0.2) is 4.98 Å². The molecule has 154 valence electrons. The minimum atomic E-state index is 0. The van der Waals surface area contributed by atoms with Crippen molar-refractivity contribution in [2.75, 3.05) is 19.6 Å². The number of halogens is 1. The molecule has 7 heteroatoms. The molecule has 1 saturated heterocycles. The molecule has 28 heavy (non-hydrogen) atoms. The molecule has 1 aromatic carbocycles. The lowest BCUT2D eigenvalue weighted by Crippen LogP contribution is -2.44. The Bertz CT molecular complexity index is 688. The second-order valence-electron chi connectivity index (χ2n) is 7.26. The van der Waals surface area contributed by atoms with Gasteiger partial charge in [-0.1, -0.05) is 30.3 Å². The van der Waals surface area contributed by atoms with Crippen LogP contribution in [0.2, 0.25) is 0 Å². The maximum atomic E-state index is 4.75. The average Bonchev–Trinajstić information content (AvgIpc) is 3.30. The van der Waals surface area contributed by atoms with Crippen molar-refractivity contribution < 1.29 is 0 Å². The van der Waals surface area contributed by atoms with Gasteiger partial charge in [-0.2, -0.15) is 0 Å². The van der Waals surface area contributed by atoms with Gasteiger partial charge in [0.15, 0.2) is 5.96 Å². The third-order valence-corrected chi connectivity index (χ3v) is 5.02. The van der Waals surface area contributed by atoms with E-state index in [1.165, 1.54) is 5.56 Å². The van der Waals surface area contributed by atoms with Crippen LogP contribution in [-0.2, 0) is 13.1 Å². The van der Waals surface area contributed by atoms with Crippen LogP contribution < -0.4 is 10.6 Å². The summed E-state index contributed by atoms with van der Waals surface area (Å²) in [5, 5.41) is 7.02. The van der Waals surface area contributed by atoms with Gasteiger partial charge in [0.1, 0.15) is 0 Å². The number of guanidine groups is 1. The predicted octanol–water partition coefficient (Wildman–Crippen LogP) is 3.11. The second kappa shape index (κ2) is 12.1. The normalized spacial score (nSPS) is 20.0. The van der Waals surface area contributed by atoms with Gasteiger partial charge in [0.05, 0.1) is 6.33 Å². The van der Waals surface area contributed by atoms with E-state index in [0.717, 1.165) is 51.5 Å². The molecular formula is C21H33IN6. The first-order valence-corrected chi connectivity index (χ1v) is 10.0. The highest BCUT2D eigenvalue weighted by atomic mass is 127. The molecule has 2 unspecified atom stereocenters. The lowest BCUT2D eigenvalue weighted by Gasteiger charge is -2.21.